The van der Waals surface area contributed by atoms with Gasteiger partial charge in [-0.15, -0.1) is 0 Å². The number of esters is 1. The summed E-state index contributed by atoms with van der Waals surface area (Å²) in [6, 6.07) is 11.0. The topological polar surface area (TPSA) is 38.3 Å². The van der Waals surface area contributed by atoms with Gasteiger partial charge in [0.2, 0.25) is 0 Å². The van der Waals surface area contributed by atoms with E-state index < -0.39 is 5.54 Å². The third-order valence-corrected chi connectivity index (χ3v) is 4.82. The quantitative estimate of drug-likeness (QED) is 0.841. The molecule has 1 atom stereocenters. The second-order valence-electron chi connectivity index (χ2n) is 6.21. The van der Waals surface area contributed by atoms with Crippen molar-refractivity contribution >= 4 is 5.97 Å². The van der Waals surface area contributed by atoms with Crippen molar-refractivity contribution in [3.8, 4) is 0 Å². The summed E-state index contributed by atoms with van der Waals surface area (Å²) < 4.78 is 5.08. The lowest BCUT2D eigenvalue weighted by atomic mass is 9.73. The molecule has 1 unspecified atom stereocenters. The maximum absolute atomic E-state index is 12.3. The highest BCUT2D eigenvalue weighted by Crippen LogP contribution is 2.39. The van der Waals surface area contributed by atoms with E-state index in [9.17, 15) is 4.79 Å². The molecule has 0 aliphatic heterocycles. The van der Waals surface area contributed by atoms with Gasteiger partial charge < -0.3 is 4.74 Å². The lowest BCUT2D eigenvalue weighted by molar-refractivity contribution is -0.150. The second kappa shape index (κ2) is 7.08. The summed E-state index contributed by atoms with van der Waals surface area (Å²) in [5.74, 6) is 0.456. The van der Waals surface area contributed by atoms with Gasteiger partial charge in [-0.25, -0.2) is 0 Å². The van der Waals surface area contributed by atoms with Crippen LogP contribution in [0.4, 0.5) is 0 Å². The van der Waals surface area contributed by atoms with Crippen LogP contribution in [0.15, 0.2) is 30.3 Å². The van der Waals surface area contributed by atoms with E-state index in [4.69, 9.17) is 4.74 Å². The highest BCUT2D eigenvalue weighted by Gasteiger charge is 2.43. The summed E-state index contributed by atoms with van der Waals surface area (Å²) in [4.78, 5) is 12.3. The molecule has 0 spiro atoms. The van der Waals surface area contributed by atoms with Crippen molar-refractivity contribution in [2.24, 2.45) is 0 Å². The van der Waals surface area contributed by atoms with Gasteiger partial charge in [0, 0.05) is 6.04 Å². The van der Waals surface area contributed by atoms with E-state index in [0.717, 1.165) is 32.1 Å². The Morgan fingerprint density at radius 1 is 1.33 bits per heavy atom. The Morgan fingerprint density at radius 3 is 2.48 bits per heavy atom. The fraction of sp³-hybridized carbons (Fsp3) is 0.611. The van der Waals surface area contributed by atoms with E-state index >= 15 is 0 Å². The minimum atomic E-state index is -0.491. The fourth-order valence-corrected chi connectivity index (χ4v) is 3.35. The zero-order valence-corrected chi connectivity index (χ0v) is 13.4. The number of rotatable bonds is 5. The van der Waals surface area contributed by atoms with Gasteiger partial charge >= 0.3 is 5.97 Å². The van der Waals surface area contributed by atoms with Gasteiger partial charge in [-0.3, -0.25) is 10.1 Å². The number of benzene rings is 1. The van der Waals surface area contributed by atoms with Crippen molar-refractivity contribution in [2.75, 3.05) is 7.11 Å². The molecule has 1 fully saturated rings. The number of hydrogen-bond acceptors (Lipinski definition) is 3. The van der Waals surface area contributed by atoms with Crippen molar-refractivity contribution in [1.29, 1.82) is 0 Å². The van der Waals surface area contributed by atoms with E-state index in [1.54, 1.807) is 0 Å². The lowest BCUT2D eigenvalue weighted by Crippen LogP contribution is -2.57. The summed E-state index contributed by atoms with van der Waals surface area (Å²) in [6.07, 6.45) is 4.78. The molecule has 1 saturated carbocycles. The van der Waals surface area contributed by atoms with Crippen molar-refractivity contribution in [1.82, 2.24) is 5.32 Å². The van der Waals surface area contributed by atoms with E-state index in [1.807, 2.05) is 0 Å². The van der Waals surface area contributed by atoms with Gasteiger partial charge in [-0.05, 0) is 50.5 Å². The molecule has 116 valence electrons. The van der Waals surface area contributed by atoms with Crippen molar-refractivity contribution in [3.05, 3.63) is 35.9 Å². The first-order chi connectivity index (χ1) is 10.1. The molecule has 0 bridgehead atoms. The molecule has 0 heterocycles. The van der Waals surface area contributed by atoms with Crippen LogP contribution >= 0.6 is 0 Å². The zero-order chi connectivity index (χ0) is 15.3. The number of carbonyl (C=O) groups is 1. The third kappa shape index (κ3) is 3.65. The molecule has 0 radical (unpaired) electrons. The zero-order valence-electron chi connectivity index (χ0n) is 13.4. The minimum absolute atomic E-state index is 0.102. The van der Waals surface area contributed by atoms with Crippen LogP contribution in [0, 0.1) is 0 Å². The Balaban J connectivity index is 2.08. The molecule has 3 heteroatoms. The Morgan fingerprint density at radius 2 is 1.95 bits per heavy atom. The van der Waals surface area contributed by atoms with Gasteiger partial charge in [-0.2, -0.15) is 0 Å². The predicted octanol–water partition coefficient (Wildman–Crippen LogP) is 3.64. The first-order valence-electron chi connectivity index (χ1n) is 8.02. The van der Waals surface area contributed by atoms with E-state index in [-0.39, 0.29) is 5.97 Å². The van der Waals surface area contributed by atoms with Crippen LogP contribution in [0.25, 0.3) is 0 Å². The molecule has 0 amide bonds. The van der Waals surface area contributed by atoms with Crippen LogP contribution in [0.3, 0.4) is 0 Å². The van der Waals surface area contributed by atoms with Crippen molar-refractivity contribution in [3.63, 3.8) is 0 Å². The summed E-state index contributed by atoms with van der Waals surface area (Å²) in [5, 5.41) is 3.53. The van der Waals surface area contributed by atoms with Crippen LogP contribution in [-0.2, 0) is 9.53 Å². The summed E-state index contributed by atoms with van der Waals surface area (Å²) >= 11 is 0. The van der Waals surface area contributed by atoms with Gasteiger partial charge in [0.1, 0.15) is 5.54 Å². The minimum Gasteiger partial charge on any atom is -0.468 e. The molecular formula is C18H27NO2. The summed E-state index contributed by atoms with van der Waals surface area (Å²) in [7, 11) is 1.49. The van der Waals surface area contributed by atoms with Gasteiger partial charge in [0.15, 0.2) is 0 Å². The first kappa shape index (κ1) is 16.0. The molecule has 1 N–H and O–H groups in total. The Labute approximate surface area is 128 Å². The maximum Gasteiger partial charge on any atom is 0.326 e. The standard InChI is InChI=1S/C18H27NO2/c1-4-14(2)19-18(17(20)21-3)12-10-16(11-13-18)15-8-6-5-7-9-15/h5-9,14,16,19H,4,10-13H2,1-3H3. The van der Waals surface area contributed by atoms with Crippen molar-refractivity contribution < 1.29 is 9.53 Å². The molecule has 21 heavy (non-hydrogen) atoms. The lowest BCUT2D eigenvalue weighted by Gasteiger charge is -2.40. The normalized spacial score (nSPS) is 27.1. The van der Waals surface area contributed by atoms with Gasteiger partial charge in [0.05, 0.1) is 7.11 Å². The van der Waals surface area contributed by atoms with Crippen LogP contribution in [0.1, 0.15) is 57.4 Å². The van der Waals surface area contributed by atoms with E-state index in [0.29, 0.717) is 12.0 Å². The van der Waals surface area contributed by atoms with Crippen LogP contribution in [-0.4, -0.2) is 24.7 Å². The molecule has 1 aliphatic carbocycles. The molecule has 1 aromatic rings. The maximum atomic E-state index is 12.3. The Bertz CT molecular complexity index is 450. The highest BCUT2D eigenvalue weighted by atomic mass is 16.5. The van der Waals surface area contributed by atoms with Crippen LogP contribution < -0.4 is 5.32 Å². The monoisotopic (exact) mass is 289 g/mol. The molecule has 0 aromatic heterocycles. The Hall–Kier alpha value is -1.35. The Kier molecular flexibility index (Phi) is 5.40. The third-order valence-electron chi connectivity index (χ3n) is 4.82. The van der Waals surface area contributed by atoms with Crippen LogP contribution in [0.2, 0.25) is 0 Å². The molecule has 2 rings (SSSR count). The number of nitrogens with one attached hydrogen (secondary N) is 1. The molecule has 0 saturated heterocycles. The average molecular weight is 289 g/mol. The summed E-state index contributed by atoms with van der Waals surface area (Å²) in [6.45, 7) is 4.27. The van der Waals surface area contributed by atoms with Crippen molar-refractivity contribution in [2.45, 2.75) is 63.5 Å². The van der Waals surface area contributed by atoms with Gasteiger partial charge in [0.25, 0.3) is 0 Å². The molecular weight excluding hydrogens is 262 g/mol. The second-order valence-corrected chi connectivity index (χ2v) is 6.21. The predicted molar refractivity (Wildman–Crippen MR) is 85.3 cm³/mol. The molecule has 3 nitrogen and oxygen atoms in total. The number of ether oxygens (including phenoxy) is 1. The highest BCUT2D eigenvalue weighted by molar-refractivity contribution is 5.81. The first-order valence-corrected chi connectivity index (χ1v) is 8.02. The number of hydrogen-bond donors (Lipinski definition) is 1. The number of carbonyl (C=O) groups excluding carboxylic acids is 1. The van der Waals surface area contributed by atoms with E-state index in [1.165, 1.54) is 12.7 Å². The fourth-order valence-electron chi connectivity index (χ4n) is 3.35. The summed E-state index contributed by atoms with van der Waals surface area (Å²) in [5.41, 5.74) is 0.898. The molecule has 1 aliphatic rings. The largest absolute Gasteiger partial charge is 0.468 e. The average Bonchev–Trinajstić information content (AvgIpc) is 2.55. The smallest absolute Gasteiger partial charge is 0.326 e. The van der Waals surface area contributed by atoms with Crippen LogP contribution in [0.5, 0.6) is 0 Å². The molecule has 1 aromatic carbocycles. The SMILES string of the molecule is CCC(C)NC1(C(=O)OC)CCC(c2ccccc2)CC1. The van der Waals surface area contributed by atoms with Gasteiger partial charge in [-0.1, -0.05) is 37.3 Å². The van der Waals surface area contributed by atoms with E-state index in [2.05, 4.69) is 49.5 Å². The number of methoxy groups -OCH3 is 1.